The van der Waals surface area contributed by atoms with Crippen molar-refractivity contribution < 1.29 is 60.3 Å². The van der Waals surface area contributed by atoms with Crippen molar-refractivity contribution in [2.75, 3.05) is 31.7 Å². The number of aliphatic hydroxyl groups is 1. The number of hydrogen-bond donors (Lipinski definition) is 3. The standard InChI is InChI=1S/C41H51FN10O12P2SSi/c1-25-13-10-16-27-31(25)49-50-52(27)40-35(34(28(21-53)60-40)64-68(5,6)41(2,3)4)63-66(67,58-20-12-18-44)59-22-29-33(62-65(55,56)57-19-11-17-43)30(42)39(61-29)51-24-47-32-36(45-23-46-37(32)51)48-38(54)26-14-8-7-9-15-26/h7-10,13-16,23-24,28-30,33-35,39-40,53H,11-12,19-22H2,1-6H3,(H,55,56)(H,45,46,48,54)/t28-,29-,30-,33-,34-,35-,39-,40-,66?/m1/s1. The summed E-state index contributed by atoms with van der Waals surface area (Å²) >= 11 is 6.04. The van der Waals surface area contributed by atoms with Crippen LogP contribution in [0.1, 0.15) is 62.0 Å². The minimum Gasteiger partial charge on any atom is -0.408 e. The fourth-order valence-electron chi connectivity index (χ4n) is 7.19. The average molecular weight is 1020 g/mol. The van der Waals surface area contributed by atoms with Gasteiger partial charge in [0, 0.05) is 5.56 Å². The number of nitriles is 2. The van der Waals surface area contributed by atoms with Crippen LogP contribution in [0, 0.1) is 29.6 Å². The van der Waals surface area contributed by atoms with Crippen LogP contribution in [0.4, 0.5) is 10.2 Å². The molecule has 364 valence electrons. The van der Waals surface area contributed by atoms with E-state index in [2.05, 4.69) is 30.6 Å². The Morgan fingerprint density at radius 1 is 0.941 bits per heavy atom. The molecule has 2 aliphatic rings. The second-order valence-corrected chi connectivity index (χ2v) is 26.4. The van der Waals surface area contributed by atoms with Crippen molar-refractivity contribution in [2.45, 2.75) is 108 Å². The number of phosphoric acid groups is 1. The molecule has 0 spiro atoms. The molecule has 2 aromatic carbocycles. The molecule has 0 bridgehead atoms. The summed E-state index contributed by atoms with van der Waals surface area (Å²) in [5.41, 5.74) is 2.38. The Morgan fingerprint density at radius 3 is 2.34 bits per heavy atom. The highest BCUT2D eigenvalue weighted by atomic mass is 32.5. The van der Waals surface area contributed by atoms with Crippen molar-refractivity contribution in [1.29, 1.82) is 10.5 Å². The maximum absolute atomic E-state index is 17.0. The van der Waals surface area contributed by atoms with E-state index in [-0.39, 0.29) is 41.5 Å². The van der Waals surface area contributed by atoms with Crippen LogP contribution in [-0.4, -0.2) is 122 Å². The number of alkyl halides is 1. The van der Waals surface area contributed by atoms with Gasteiger partial charge in [-0.1, -0.05) is 56.3 Å². The van der Waals surface area contributed by atoms with Gasteiger partial charge in [-0.2, -0.15) is 10.5 Å². The number of rotatable bonds is 20. The molecule has 7 rings (SSSR count). The van der Waals surface area contributed by atoms with E-state index < -0.39 is 97.7 Å². The van der Waals surface area contributed by atoms with E-state index in [4.69, 9.17) is 53.6 Å². The van der Waals surface area contributed by atoms with Gasteiger partial charge in [-0.05, 0) is 60.6 Å². The maximum atomic E-state index is 17.0. The maximum Gasteiger partial charge on any atom is 0.472 e. The average Bonchev–Trinajstić information content (AvgIpc) is 4.07. The third-order valence-corrected chi connectivity index (χ3v) is 19.5. The smallest absolute Gasteiger partial charge is 0.408 e. The number of carbonyl (C=O) groups excluding carboxylic acids is 1. The summed E-state index contributed by atoms with van der Waals surface area (Å²) in [4.78, 5) is 36.6. The van der Waals surface area contributed by atoms with E-state index in [1.165, 1.54) is 15.6 Å². The SMILES string of the molecule is Cc1cccc2c1nnn2[C@@H]1O[C@H](CO)[C@@H](O[Si](C)(C)C(C)(C)C)[C@H]1OP(=S)(OCCC#N)OC[C@H]1O[C@@H](n2cnc3c(NC(=O)c4ccccc4)ncnc32)[C@H](F)[C@@H]1OP(=O)(O)OCCC#N. The van der Waals surface area contributed by atoms with E-state index in [9.17, 15) is 24.6 Å². The largest absolute Gasteiger partial charge is 0.472 e. The molecule has 3 aromatic heterocycles. The molecule has 27 heteroatoms. The van der Waals surface area contributed by atoms with Crippen LogP contribution in [-0.2, 0) is 52.9 Å². The Morgan fingerprint density at radius 2 is 1.65 bits per heavy atom. The first-order chi connectivity index (χ1) is 32.3. The highest BCUT2D eigenvalue weighted by Gasteiger charge is 2.55. The minimum absolute atomic E-state index is 0.00398. The molecule has 3 N–H and O–H groups in total. The Bertz CT molecular complexity index is 2770. The van der Waals surface area contributed by atoms with Gasteiger partial charge in [0.15, 0.2) is 43.9 Å². The number of aryl methyl sites for hydroxylation is 1. The van der Waals surface area contributed by atoms with Crippen molar-refractivity contribution >= 4 is 68.6 Å². The van der Waals surface area contributed by atoms with Crippen molar-refractivity contribution in [1.82, 2.24) is 34.5 Å². The lowest BCUT2D eigenvalue weighted by Crippen LogP contribution is -2.50. The number of carbonyl (C=O) groups is 1. The third-order valence-electron chi connectivity index (χ3n) is 11.6. The lowest BCUT2D eigenvalue weighted by atomic mass is 10.1. The van der Waals surface area contributed by atoms with Crippen LogP contribution in [0.5, 0.6) is 0 Å². The predicted molar refractivity (Wildman–Crippen MR) is 246 cm³/mol. The normalized spacial score (nSPS) is 24.9. The molecule has 2 fully saturated rings. The van der Waals surface area contributed by atoms with Gasteiger partial charge in [0.1, 0.15) is 42.4 Å². The summed E-state index contributed by atoms with van der Waals surface area (Å²) in [5, 5.41) is 40.4. The molecule has 0 radical (unpaired) electrons. The van der Waals surface area contributed by atoms with Gasteiger partial charge in [-0.3, -0.25) is 22.9 Å². The van der Waals surface area contributed by atoms with E-state index in [1.54, 1.807) is 42.5 Å². The van der Waals surface area contributed by atoms with Gasteiger partial charge in [0.05, 0.1) is 63.3 Å². The van der Waals surface area contributed by atoms with E-state index >= 15 is 4.39 Å². The van der Waals surface area contributed by atoms with E-state index in [0.29, 0.717) is 16.6 Å². The molecule has 5 aromatic rings. The fraction of sp³-hybridized carbons (Fsp3) is 0.512. The van der Waals surface area contributed by atoms with Crippen LogP contribution in [0.3, 0.4) is 0 Å². The van der Waals surface area contributed by atoms with Gasteiger partial charge >= 0.3 is 14.5 Å². The van der Waals surface area contributed by atoms with Crippen molar-refractivity contribution in [3.8, 4) is 12.1 Å². The molecule has 22 nitrogen and oxygen atoms in total. The summed E-state index contributed by atoms with van der Waals surface area (Å²) in [6.07, 6.45) is -9.85. The molecule has 0 aliphatic carbocycles. The van der Waals surface area contributed by atoms with E-state index in [0.717, 1.165) is 11.9 Å². The lowest BCUT2D eigenvalue weighted by molar-refractivity contribution is -0.0611. The molecule has 0 saturated carbocycles. The molecule has 2 saturated heterocycles. The predicted octanol–water partition coefficient (Wildman–Crippen LogP) is 6.32. The van der Waals surface area contributed by atoms with Crippen molar-refractivity contribution in [3.05, 3.63) is 72.3 Å². The molecular weight excluding hydrogens is 966 g/mol. The Labute approximate surface area is 396 Å². The number of aliphatic hydroxyl groups excluding tert-OH is 1. The van der Waals surface area contributed by atoms with Crippen molar-refractivity contribution in [3.63, 3.8) is 0 Å². The fourth-order valence-corrected chi connectivity index (χ4v) is 11.5. The summed E-state index contributed by atoms with van der Waals surface area (Å²) in [6, 6.07) is 17.6. The highest BCUT2D eigenvalue weighted by Crippen LogP contribution is 2.57. The molecule has 2 unspecified atom stereocenters. The van der Waals surface area contributed by atoms with Crippen LogP contribution in [0.25, 0.3) is 22.2 Å². The molecule has 5 heterocycles. The molecule has 2 aliphatic heterocycles. The first-order valence-corrected chi connectivity index (χ1v) is 28.3. The zero-order chi connectivity index (χ0) is 49.0. The van der Waals surface area contributed by atoms with Gasteiger partial charge in [-0.25, -0.2) is 28.6 Å². The van der Waals surface area contributed by atoms with Crippen molar-refractivity contribution in [2.24, 2.45) is 0 Å². The first kappa shape index (κ1) is 51.3. The molecule has 10 atom stereocenters. The molecule has 68 heavy (non-hydrogen) atoms. The number of benzene rings is 2. The summed E-state index contributed by atoms with van der Waals surface area (Å²) < 4.78 is 82.0. The van der Waals surface area contributed by atoms with E-state index in [1.807, 2.05) is 59.0 Å². The lowest BCUT2D eigenvalue weighted by Gasteiger charge is -2.41. The molecular formula is C41H51FN10O12P2SSi. The number of phosphoric ester groups is 1. The zero-order valence-corrected chi connectivity index (χ0v) is 41.4. The highest BCUT2D eigenvalue weighted by molar-refractivity contribution is 8.07. The Balaban J connectivity index is 1.23. The number of aromatic nitrogens is 7. The van der Waals surface area contributed by atoms with Crippen LogP contribution in [0.2, 0.25) is 18.1 Å². The third kappa shape index (κ3) is 11.2. The van der Waals surface area contributed by atoms with Crippen LogP contribution < -0.4 is 5.32 Å². The van der Waals surface area contributed by atoms with Gasteiger partial charge in [-0.15, -0.1) is 5.10 Å². The Kier molecular flexibility index (Phi) is 16.0. The topological polar surface area (TPSA) is 282 Å². The van der Waals surface area contributed by atoms with Gasteiger partial charge in [0.25, 0.3) is 5.91 Å². The number of ether oxygens (including phenoxy) is 2. The number of nitrogens with zero attached hydrogens (tertiary/aromatic N) is 9. The monoisotopic (exact) mass is 1020 g/mol. The number of halogens is 1. The number of nitrogens with one attached hydrogen (secondary N) is 1. The van der Waals surface area contributed by atoms with Crippen LogP contribution in [0.15, 0.2) is 61.2 Å². The number of hydrogen-bond acceptors (Lipinski definition) is 19. The number of fused-ring (bicyclic) bond motifs is 2. The Hall–Kier alpha value is -4.53. The van der Waals surface area contributed by atoms with Gasteiger partial charge in [0.2, 0.25) is 0 Å². The molecule has 1 amide bonds. The number of amides is 1. The minimum atomic E-state index is -5.08. The second-order valence-electron chi connectivity index (χ2n) is 17.3. The first-order valence-electron chi connectivity index (χ1n) is 21.4. The van der Waals surface area contributed by atoms with Crippen LogP contribution >= 0.6 is 14.5 Å². The summed E-state index contributed by atoms with van der Waals surface area (Å²) in [6.45, 7) is 5.85. The quantitative estimate of drug-likeness (QED) is 0.0437. The summed E-state index contributed by atoms with van der Waals surface area (Å²) in [7, 11) is -7.77. The second kappa shape index (κ2) is 21.2. The number of anilines is 1. The summed E-state index contributed by atoms with van der Waals surface area (Å²) in [5.74, 6) is -0.495. The van der Waals surface area contributed by atoms with Gasteiger partial charge < -0.3 is 38.3 Å². The number of imidazole rings is 1. The zero-order valence-electron chi connectivity index (χ0n) is 37.8.